The minimum absolute atomic E-state index is 0.113. The van der Waals surface area contributed by atoms with Crippen LogP contribution >= 0.6 is 0 Å². The molecule has 108 valence electrons. The molecule has 1 aliphatic heterocycles. The van der Waals surface area contributed by atoms with Gasteiger partial charge in [-0.05, 0) is 18.2 Å². The van der Waals surface area contributed by atoms with Gasteiger partial charge < -0.3 is 19.5 Å². The molecule has 21 heavy (non-hydrogen) atoms. The van der Waals surface area contributed by atoms with Crippen molar-refractivity contribution in [1.82, 2.24) is 0 Å². The molecule has 0 radical (unpaired) electrons. The van der Waals surface area contributed by atoms with Crippen LogP contribution < -0.4 is 19.5 Å². The predicted molar refractivity (Wildman–Crippen MR) is 77.9 cm³/mol. The van der Waals surface area contributed by atoms with Crippen LogP contribution in [0.25, 0.3) is 0 Å². The van der Waals surface area contributed by atoms with Crippen molar-refractivity contribution in [1.29, 1.82) is 0 Å². The van der Waals surface area contributed by atoms with E-state index < -0.39 is 0 Å². The van der Waals surface area contributed by atoms with E-state index >= 15 is 0 Å². The number of carbonyl (C=O) groups excluding carboxylic acids is 1. The van der Waals surface area contributed by atoms with Crippen LogP contribution in [-0.2, 0) is 11.2 Å². The molecule has 0 saturated heterocycles. The van der Waals surface area contributed by atoms with Gasteiger partial charge in [-0.2, -0.15) is 0 Å². The highest BCUT2D eigenvalue weighted by Gasteiger charge is 2.14. The Morgan fingerprint density at radius 2 is 2.00 bits per heavy atom. The minimum Gasteiger partial charge on any atom is -0.496 e. The predicted octanol–water partition coefficient (Wildman–Crippen LogP) is 2.61. The molecule has 5 heteroatoms. The largest absolute Gasteiger partial charge is 0.496 e. The van der Waals surface area contributed by atoms with Crippen molar-refractivity contribution in [3.63, 3.8) is 0 Å². The molecule has 2 aromatic carbocycles. The maximum absolute atomic E-state index is 12.1. The van der Waals surface area contributed by atoms with E-state index in [1.54, 1.807) is 25.3 Å². The van der Waals surface area contributed by atoms with Crippen LogP contribution in [0.15, 0.2) is 42.5 Å². The number of hydrogen-bond donors (Lipinski definition) is 1. The fourth-order valence-corrected chi connectivity index (χ4v) is 2.20. The maximum atomic E-state index is 12.1. The van der Waals surface area contributed by atoms with E-state index in [1.807, 2.05) is 24.3 Å². The molecule has 0 bridgehead atoms. The summed E-state index contributed by atoms with van der Waals surface area (Å²) in [5.74, 6) is 1.93. The van der Waals surface area contributed by atoms with Gasteiger partial charge in [0.25, 0.3) is 0 Å². The third kappa shape index (κ3) is 2.91. The normalized spacial score (nSPS) is 12.0. The first-order valence-corrected chi connectivity index (χ1v) is 6.57. The Hall–Kier alpha value is -2.69. The van der Waals surface area contributed by atoms with Crippen LogP contribution in [0.3, 0.4) is 0 Å². The highest BCUT2D eigenvalue weighted by molar-refractivity contribution is 5.93. The van der Waals surface area contributed by atoms with Gasteiger partial charge in [0.05, 0.1) is 13.5 Å². The highest BCUT2D eigenvalue weighted by Crippen LogP contribution is 2.34. The van der Waals surface area contributed by atoms with Crippen LogP contribution in [-0.4, -0.2) is 19.8 Å². The number of rotatable bonds is 4. The molecule has 0 atom stereocenters. The monoisotopic (exact) mass is 285 g/mol. The van der Waals surface area contributed by atoms with Gasteiger partial charge >= 0.3 is 0 Å². The summed E-state index contributed by atoms with van der Waals surface area (Å²) >= 11 is 0. The van der Waals surface area contributed by atoms with Gasteiger partial charge in [-0.3, -0.25) is 4.79 Å². The van der Waals surface area contributed by atoms with Crippen LogP contribution in [0.2, 0.25) is 0 Å². The zero-order valence-electron chi connectivity index (χ0n) is 11.6. The summed E-state index contributed by atoms with van der Waals surface area (Å²) in [4.78, 5) is 12.1. The summed E-state index contributed by atoms with van der Waals surface area (Å²) in [6, 6.07) is 12.8. The lowest BCUT2D eigenvalue weighted by Gasteiger charge is -2.09. The first-order chi connectivity index (χ1) is 10.3. The van der Waals surface area contributed by atoms with Crippen molar-refractivity contribution in [2.24, 2.45) is 0 Å². The molecule has 0 aromatic heterocycles. The highest BCUT2D eigenvalue weighted by atomic mass is 16.7. The molecular formula is C16H15NO4. The van der Waals surface area contributed by atoms with Crippen molar-refractivity contribution in [3.8, 4) is 17.2 Å². The number of amides is 1. The number of anilines is 1. The fourth-order valence-electron chi connectivity index (χ4n) is 2.20. The second-order valence-electron chi connectivity index (χ2n) is 4.60. The average molecular weight is 285 g/mol. The lowest BCUT2D eigenvalue weighted by Crippen LogP contribution is -2.14. The summed E-state index contributed by atoms with van der Waals surface area (Å²) in [5, 5.41) is 2.84. The summed E-state index contributed by atoms with van der Waals surface area (Å²) in [6.45, 7) is 0.216. The lowest BCUT2D eigenvalue weighted by atomic mass is 10.1. The number of benzene rings is 2. The number of methoxy groups -OCH3 is 1. The molecule has 1 aliphatic rings. The van der Waals surface area contributed by atoms with E-state index in [9.17, 15) is 4.79 Å². The number of nitrogens with one attached hydrogen (secondary N) is 1. The van der Waals surface area contributed by atoms with Gasteiger partial charge in [-0.25, -0.2) is 0 Å². The van der Waals surface area contributed by atoms with E-state index in [4.69, 9.17) is 14.2 Å². The van der Waals surface area contributed by atoms with Gasteiger partial charge in [0.2, 0.25) is 12.7 Å². The van der Waals surface area contributed by atoms with Gasteiger partial charge in [-0.1, -0.05) is 18.2 Å². The summed E-state index contributed by atoms with van der Waals surface area (Å²) in [5.41, 5.74) is 1.53. The summed E-state index contributed by atoms with van der Waals surface area (Å²) in [6.07, 6.45) is 0.248. The second-order valence-corrected chi connectivity index (χ2v) is 4.60. The zero-order valence-corrected chi connectivity index (χ0v) is 11.6. The second kappa shape index (κ2) is 5.75. The topological polar surface area (TPSA) is 56.8 Å². The molecule has 0 saturated carbocycles. The molecular weight excluding hydrogens is 270 g/mol. The number of para-hydroxylation sites is 1. The third-order valence-electron chi connectivity index (χ3n) is 3.20. The molecule has 2 aromatic rings. The molecule has 5 nitrogen and oxygen atoms in total. The Balaban J connectivity index is 1.69. The van der Waals surface area contributed by atoms with Crippen LogP contribution in [0.1, 0.15) is 5.56 Å². The average Bonchev–Trinajstić information content (AvgIpc) is 2.95. The standard InChI is InChI=1S/C16H15NO4/c1-19-13-5-3-2-4-11(13)8-16(18)17-12-6-7-14-15(9-12)21-10-20-14/h2-7,9H,8,10H2,1H3,(H,17,18). The molecule has 0 unspecified atom stereocenters. The van der Waals surface area contributed by atoms with Gasteiger partial charge in [-0.15, -0.1) is 0 Å². The molecule has 1 N–H and O–H groups in total. The summed E-state index contributed by atoms with van der Waals surface area (Å²) < 4.78 is 15.8. The van der Waals surface area contributed by atoms with E-state index in [0.717, 1.165) is 5.56 Å². The van der Waals surface area contributed by atoms with Crippen molar-refractivity contribution in [3.05, 3.63) is 48.0 Å². The van der Waals surface area contributed by atoms with Crippen molar-refractivity contribution in [2.45, 2.75) is 6.42 Å². The lowest BCUT2D eigenvalue weighted by molar-refractivity contribution is -0.115. The van der Waals surface area contributed by atoms with E-state index in [2.05, 4.69) is 5.32 Å². The Bertz CT molecular complexity index is 669. The Kier molecular flexibility index (Phi) is 3.64. The molecule has 0 fully saturated rings. The Morgan fingerprint density at radius 3 is 2.86 bits per heavy atom. The number of ether oxygens (including phenoxy) is 3. The van der Waals surface area contributed by atoms with E-state index in [-0.39, 0.29) is 19.1 Å². The summed E-state index contributed by atoms with van der Waals surface area (Å²) in [7, 11) is 1.59. The first-order valence-electron chi connectivity index (χ1n) is 6.57. The Morgan fingerprint density at radius 1 is 1.19 bits per heavy atom. The van der Waals surface area contributed by atoms with Crippen LogP contribution in [0, 0.1) is 0 Å². The molecule has 0 spiro atoms. The molecule has 1 heterocycles. The smallest absolute Gasteiger partial charge is 0.231 e. The van der Waals surface area contributed by atoms with Crippen molar-refractivity contribution < 1.29 is 19.0 Å². The van der Waals surface area contributed by atoms with Crippen LogP contribution in [0.5, 0.6) is 17.2 Å². The van der Waals surface area contributed by atoms with Gasteiger partial charge in [0.15, 0.2) is 11.5 Å². The molecule has 3 rings (SSSR count). The molecule has 1 amide bonds. The van der Waals surface area contributed by atoms with E-state index in [1.165, 1.54) is 0 Å². The zero-order chi connectivity index (χ0) is 14.7. The van der Waals surface area contributed by atoms with Gasteiger partial charge in [0, 0.05) is 17.3 Å². The van der Waals surface area contributed by atoms with Crippen LogP contribution in [0.4, 0.5) is 5.69 Å². The first kappa shape index (κ1) is 13.3. The van der Waals surface area contributed by atoms with Gasteiger partial charge in [0.1, 0.15) is 5.75 Å². The number of hydrogen-bond acceptors (Lipinski definition) is 4. The third-order valence-corrected chi connectivity index (χ3v) is 3.20. The minimum atomic E-state index is -0.113. The molecule has 0 aliphatic carbocycles. The van der Waals surface area contributed by atoms with Crippen molar-refractivity contribution in [2.75, 3.05) is 19.2 Å². The number of carbonyl (C=O) groups is 1. The van der Waals surface area contributed by atoms with E-state index in [0.29, 0.717) is 22.9 Å². The SMILES string of the molecule is COc1ccccc1CC(=O)Nc1ccc2c(c1)OCO2. The quantitative estimate of drug-likeness (QED) is 0.938. The Labute approximate surface area is 122 Å². The maximum Gasteiger partial charge on any atom is 0.231 e. The number of fused-ring (bicyclic) bond motifs is 1. The van der Waals surface area contributed by atoms with Crippen molar-refractivity contribution >= 4 is 11.6 Å². The fraction of sp³-hybridized carbons (Fsp3) is 0.188.